The van der Waals surface area contributed by atoms with Crippen LogP contribution in [-0.4, -0.2) is 51.6 Å². The Morgan fingerprint density at radius 3 is 2.83 bits per heavy atom. The summed E-state index contributed by atoms with van der Waals surface area (Å²) < 4.78 is 1.90. The highest BCUT2D eigenvalue weighted by Gasteiger charge is 2.24. The molecule has 1 fully saturated rings. The summed E-state index contributed by atoms with van der Waals surface area (Å²) in [6, 6.07) is 15.3. The average Bonchev–Trinajstić information content (AvgIpc) is 3.47. The van der Waals surface area contributed by atoms with Crippen LogP contribution in [0.25, 0.3) is 5.82 Å². The van der Waals surface area contributed by atoms with E-state index in [0.29, 0.717) is 12.6 Å². The molecule has 3 aromatic rings. The highest BCUT2D eigenvalue weighted by atomic mass is 15.2. The summed E-state index contributed by atoms with van der Waals surface area (Å²) >= 11 is 0. The molecule has 0 radical (unpaired) electrons. The van der Waals surface area contributed by atoms with Gasteiger partial charge in [0.05, 0.1) is 0 Å². The predicted molar refractivity (Wildman–Crippen MR) is 119 cm³/mol. The molecule has 2 N–H and O–H groups in total. The lowest BCUT2D eigenvalue weighted by molar-refractivity contribution is 0.245. The molecule has 2 aromatic heterocycles. The first kappa shape index (κ1) is 20.1. The van der Waals surface area contributed by atoms with Crippen molar-refractivity contribution in [1.82, 2.24) is 30.1 Å². The quantitative estimate of drug-likeness (QED) is 0.469. The molecule has 0 bridgehead atoms. The van der Waals surface area contributed by atoms with Gasteiger partial charge in [-0.1, -0.05) is 30.3 Å². The number of nitrogens with one attached hydrogen (secondary N) is 2. The van der Waals surface area contributed by atoms with Crippen molar-refractivity contribution in [2.24, 2.45) is 4.99 Å². The van der Waals surface area contributed by atoms with Crippen LogP contribution in [0.2, 0.25) is 0 Å². The normalized spacial score (nSPS) is 17.2. The molecule has 1 atom stereocenters. The van der Waals surface area contributed by atoms with Gasteiger partial charge in [0.15, 0.2) is 5.96 Å². The number of aliphatic imine (C=N–C) groups is 1. The third-order valence-corrected chi connectivity index (χ3v) is 5.50. The van der Waals surface area contributed by atoms with Crippen molar-refractivity contribution in [1.29, 1.82) is 0 Å². The molecule has 0 spiro atoms. The molecular weight excluding hydrogens is 374 g/mol. The van der Waals surface area contributed by atoms with Gasteiger partial charge in [0.25, 0.3) is 0 Å². The molecule has 7 nitrogen and oxygen atoms in total. The molecule has 1 saturated heterocycles. The summed E-state index contributed by atoms with van der Waals surface area (Å²) in [5.41, 5.74) is 2.52. The molecule has 0 aliphatic carbocycles. The summed E-state index contributed by atoms with van der Waals surface area (Å²) in [6.45, 7) is 3.74. The third-order valence-electron chi connectivity index (χ3n) is 5.50. The minimum atomic E-state index is 0.525. The molecule has 3 heterocycles. The Morgan fingerprint density at radius 1 is 1.13 bits per heavy atom. The molecule has 30 heavy (non-hydrogen) atoms. The Hall–Kier alpha value is -3.19. The monoisotopic (exact) mass is 403 g/mol. The summed E-state index contributed by atoms with van der Waals surface area (Å²) in [4.78, 5) is 15.4. The fourth-order valence-electron chi connectivity index (χ4n) is 3.88. The van der Waals surface area contributed by atoms with Gasteiger partial charge >= 0.3 is 0 Å². The van der Waals surface area contributed by atoms with Crippen molar-refractivity contribution in [3.05, 3.63) is 78.5 Å². The van der Waals surface area contributed by atoms with Crippen molar-refractivity contribution < 1.29 is 0 Å². The first-order valence-corrected chi connectivity index (χ1v) is 10.5. The fourth-order valence-corrected chi connectivity index (χ4v) is 3.88. The number of benzene rings is 1. The van der Waals surface area contributed by atoms with E-state index in [1.54, 1.807) is 12.5 Å². The lowest BCUT2D eigenvalue weighted by Gasteiger charge is -2.25. The SMILES string of the molecule is CN=C(NCc1ccnc(-n2ccnc2)c1)NCC1CCCN1Cc1ccccc1. The zero-order valence-electron chi connectivity index (χ0n) is 17.4. The van der Waals surface area contributed by atoms with Gasteiger partial charge in [-0.25, -0.2) is 9.97 Å². The molecule has 1 aromatic carbocycles. The minimum Gasteiger partial charge on any atom is -0.355 e. The number of imidazole rings is 1. The van der Waals surface area contributed by atoms with Gasteiger partial charge < -0.3 is 10.6 Å². The van der Waals surface area contributed by atoms with Gasteiger partial charge in [0.2, 0.25) is 0 Å². The van der Waals surface area contributed by atoms with Crippen LogP contribution in [0.15, 0.2) is 72.4 Å². The van der Waals surface area contributed by atoms with Crippen LogP contribution >= 0.6 is 0 Å². The topological polar surface area (TPSA) is 70.4 Å². The molecule has 0 saturated carbocycles. The molecule has 156 valence electrons. The van der Waals surface area contributed by atoms with Gasteiger partial charge in [-0.05, 0) is 42.6 Å². The van der Waals surface area contributed by atoms with Gasteiger partial charge in [-0.3, -0.25) is 14.5 Å². The van der Waals surface area contributed by atoms with Gasteiger partial charge in [-0.2, -0.15) is 0 Å². The Balaban J connectivity index is 1.28. The molecular formula is C23H29N7. The molecule has 1 unspecified atom stereocenters. The van der Waals surface area contributed by atoms with E-state index in [1.165, 1.54) is 18.4 Å². The lowest BCUT2D eigenvalue weighted by Crippen LogP contribution is -2.44. The fraction of sp³-hybridized carbons (Fsp3) is 0.348. The number of rotatable bonds is 7. The van der Waals surface area contributed by atoms with Crippen LogP contribution in [0.5, 0.6) is 0 Å². The van der Waals surface area contributed by atoms with Crippen LogP contribution in [-0.2, 0) is 13.1 Å². The number of aromatic nitrogens is 3. The van der Waals surface area contributed by atoms with Crippen molar-refractivity contribution in [2.75, 3.05) is 20.1 Å². The van der Waals surface area contributed by atoms with Gasteiger partial charge in [-0.15, -0.1) is 0 Å². The van der Waals surface area contributed by atoms with E-state index in [-0.39, 0.29) is 0 Å². The van der Waals surface area contributed by atoms with Crippen LogP contribution in [0.1, 0.15) is 24.0 Å². The molecule has 1 aliphatic heterocycles. The third kappa shape index (κ3) is 5.24. The Bertz CT molecular complexity index is 937. The average molecular weight is 404 g/mol. The second-order valence-electron chi connectivity index (χ2n) is 7.55. The van der Waals surface area contributed by atoms with Gasteiger partial charge in [0, 0.05) is 51.3 Å². The van der Waals surface area contributed by atoms with Crippen LogP contribution in [0.3, 0.4) is 0 Å². The number of likely N-dealkylation sites (tertiary alicyclic amines) is 1. The maximum absolute atomic E-state index is 4.40. The largest absolute Gasteiger partial charge is 0.355 e. The summed E-state index contributed by atoms with van der Waals surface area (Å²) in [6.07, 6.45) is 9.69. The minimum absolute atomic E-state index is 0.525. The molecule has 1 aliphatic rings. The highest BCUT2D eigenvalue weighted by molar-refractivity contribution is 5.79. The Labute approximate surface area is 177 Å². The van der Waals surface area contributed by atoms with E-state index in [9.17, 15) is 0 Å². The van der Waals surface area contributed by atoms with E-state index in [0.717, 1.165) is 37.0 Å². The predicted octanol–water partition coefficient (Wildman–Crippen LogP) is 2.60. The van der Waals surface area contributed by atoms with E-state index < -0.39 is 0 Å². The molecule has 0 amide bonds. The standard InChI is InChI=1S/C23H29N7/c1-24-23(27-15-20-9-10-26-22(14-20)30-13-11-25-18-30)28-16-21-8-5-12-29(21)17-19-6-3-2-4-7-19/h2-4,6-7,9-11,13-14,18,21H,5,8,12,15-17H2,1H3,(H2,24,27,28). The van der Waals surface area contributed by atoms with Crippen LogP contribution in [0.4, 0.5) is 0 Å². The Kier molecular flexibility index (Phi) is 6.72. The van der Waals surface area contributed by atoms with E-state index in [1.807, 2.05) is 30.1 Å². The highest BCUT2D eigenvalue weighted by Crippen LogP contribution is 2.19. The summed E-state index contributed by atoms with van der Waals surface area (Å²) in [7, 11) is 1.81. The van der Waals surface area contributed by atoms with E-state index in [2.05, 4.69) is 66.9 Å². The summed E-state index contributed by atoms with van der Waals surface area (Å²) in [5, 5.41) is 6.92. The van der Waals surface area contributed by atoms with Crippen molar-refractivity contribution in [3.8, 4) is 5.82 Å². The maximum Gasteiger partial charge on any atom is 0.191 e. The van der Waals surface area contributed by atoms with Crippen molar-refractivity contribution in [3.63, 3.8) is 0 Å². The first-order chi connectivity index (χ1) is 14.8. The van der Waals surface area contributed by atoms with Crippen LogP contribution in [0, 0.1) is 0 Å². The number of guanidine groups is 1. The number of pyridine rings is 1. The molecule has 4 rings (SSSR count). The maximum atomic E-state index is 4.40. The zero-order chi connectivity index (χ0) is 20.6. The lowest BCUT2D eigenvalue weighted by atomic mass is 10.2. The van der Waals surface area contributed by atoms with E-state index in [4.69, 9.17) is 0 Å². The van der Waals surface area contributed by atoms with E-state index >= 15 is 0 Å². The number of nitrogens with zero attached hydrogens (tertiary/aromatic N) is 5. The molecule has 7 heteroatoms. The summed E-state index contributed by atoms with van der Waals surface area (Å²) in [5.74, 6) is 1.68. The smallest absolute Gasteiger partial charge is 0.191 e. The number of hydrogen-bond acceptors (Lipinski definition) is 4. The zero-order valence-corrected chi connectivity index (χ0v) is 17.4. The number of hydrogen-bond donors (Lipinski definition) is 2. The second-order valence-corrected chi connectivity index (χ2v) is 7.55. The Morgan fingerprint density at radius 2 is 2.03 bits per heavy atom. The second kappa shape index (κ2) is 10.0. The van der Waals surface area contributed by atoms with Crippen molar-refractivity contribution >= 4 is 5.96 Å². The van der Waals surface area contributed by atoms with Crippen LogP contribution < -0.4 is 10.6 Å². The first-order valence-electron chi connectivity index (χ1n) is 10.5. The van der Waals surface area contributed by atoms with Gasteiger partial charge in [0.1, 0.15) is 12.1 Å². The van der Waals surface area contributed by atoms with Crippen molar-refractivity contribution in [2.45, 2.75) is 32.0 Å².